The summed E-state index contributed by atoms with van der Waals surface area (Å²) < 4.78 is 5.32. The van der Waals surface area contributed by atoms with Crippen molar-refractivity contribution in [1.29, 1.82) is 0 Å². The zero-order chi connectivity index (χ0) is 12.3. The summed E-state index contributed by atoms with van der Waals surface area (Å²) in [5.74, 6) is 3.40. The maximum Gasteiger partial charge on any atom is 0.410 e. The van der Waals surface area contributed by atoms with Gasteiger partial charge in [-0.2, -0.15) is 0 Å². The topological polar surface area (TPSA) is 29.5 Å². The number of carbonyl (C=O) groups is 1. The fraction of sp³-hybridized carbons (Fsp3) is 0.769. The van der Waals surface area contributed by atoms with E-state index in [-0.39, 0.29) is 12.0 Å². The first-order chi connectivity index (χ1) is 7.33. The van der Waals surface area contributed by atoms with Crippen molar-refractivity contribution in [2.24, 2.45) is 11.8 Å². The molecule has 16 heavy (non-hydrogen) atoms. The molecule has 1 amide bonds. The van der Waals surface area contributed by atoms with Crippen molar-refractivity contribution in [3.8, 4) is 12.3 Å². The van der Waals surface area contributed by atoms with Gasteiger partial charge in [0.15, 0.2) is 0 Å². The van der Waals surface area contributed by atoms with E-state index in [1.165, 1.54) is 0 Å². The Morgan fingerprint density at radius 1 is 1.50 bits per heavy atom. The minimum Gasteiger partial charge on any atom is -0.444 e. The number of amides is 1. The van der Waals surface area contributed by atoms with Crippen molar-refractivity contribution < 1.29 is 9.53 Å². The molecule has 0 bridgehead atoms. The van der Waals surface area contributed by atoms with Crippen LogP contribution in [0.1, 0.15) is 34.1 Å². The number of likely N-dealkylation sites (tertiary alicyclic amines) is 1. The lowest BCUT2D eigenvalue weighted by atomic mass is 9.88. The van der Waals surface area contributed by atoms with Crippen LogP contribution in [0.25, 0.3) is 0 Å². The highest BCUT2D eigenvalue weighted by Gasteiger charge is 2.30. The summed E-state index contributed by atoms with van der Waals surface area (Å²) in [7, 11) is 0. The van der Waals surface area contributed by atoms with Crippen LogP contribution in [-0.2, 0) is 4.74 Å². The highest BCUT2D eigenvalue weighted by Crippen LogP contribution is 2.23. The Bertz CT molecular complexity index is 298. The quantitative estimate of drug-likeness (QED) is 0.590. The first kappa shape index (κ1) is 12.9. The predicted octanol–water partition coefficient (Wildman–Crippen LogP) is 2.51. The highest BCUT2D eigenvalue weighted by molar-refractivity contribution is 5.68. The number of hydrogen-bond donors (Lipinski definition) is 0. The highest BCUT2D eigenvalue weighted by atomic mass is 16.6. The molecule has 1 saturated heterocycles. The van der Waals surface area contributed by atoms with Crippen LogP contribution in [0.2, 0.25) is 0 Å². The molecule has 0 aromatic rings. The van der Waals surface area contributed by atoms with Crippen LogP contribution in [0.5, 0.6) is 0 Å². The zero-order valence-electron chi connectivity index (χ0n) is 10.6. The zero-order valence-corrected chi connectivity index (χ0v) is 10.6. The molecule has 0 spiro atoms. The number of terminal acetylenes is 1. The van der Waals surface area contributed by atoms with Gasteiger partial charge in [-0.3, -0.25) is 0 Å². The average Bonchev–Trinajstić information content (AvgIpc) is 2.15. The maximum absolute atomic E-state index is 11.8. The van der Waals surface area contributed by atoms with Crippen LogP contribution in [0.3, 0.4) is 0 Å². The van der Waals surface area contributed by atoms with Crippen LogP contribution in [-0.4, -0.2) is 29.7 Å². The van der Waals surface area contributed by atoms with Crippen molar-refractivity contribution >= 4 is 6.09 Å². The van der Waals surface area contributed by atoms with Crippen molar-refractivity contribution in [2.75, 3.05) is 13.1 Å². The molecule has 0 saturated carbocycles. The molecular formula is C13H21NO2. The smallest absolute Gasteiger partial charge is 0.410 e. The molecule has 0 N–H and O–H groups in total. The minimum atomic E-state index is -0.439. The monoisotopic (exact) mass is 223 g/mol. The molecule has 3 nitrogen and oxygen atoms in total. The van der Waals surface area contributed by atoms with Gasteiger partial charge in [-0.25, -0.2) is 4.79 Å². The normalized spacial score (nSPS) is 26.1. The van der Waals surface area contributed by atoms with Gasteiger partial charge < -0.3 is 9.64 Å². The molecule has 2 atom stereocenters. The summed E-state index contributed by atoms with van der Waals surface area (Å²) >= 11 is 0. The first-order valence-electron chi connectivity index (χ1n) is 5.77. The van der Waals surface area contributed by atoms with E-state index in [0.29, 0.717) is 12.5 Å². The number of hydrogen-bond acceptors (Lipinski definition) is 2. The lowest BCUT2D eigenvalue weighted by Crippen LogP contribution is -2.45. The van der Waals surface area contributed by atoms with E-state index in [0.717, 1.165) is 13.0 Å². The lowest BCUT2D eigenvalue weighted by Gasteiger charge is -2.35. The van der Waals surface area contributed by atoms with Crippen LogP contribution in [0.4, 0.5) is 4.79 Å². The molecule has 0 aromatic heterocycles. The predicted molar refractivity (Wildman–Crippen MR) is 63.9 cm³/mol. The molecule has 1 rings (SSSR count). The van der Waals surface area contributed by atoms with E-state index in [1.54, 1.807) is 4.90 Å². The van der Waals surface area contributed by atoms with Gasteiger partial charge in [0.05, 0.1) is 0 Å². The van der Waals surface area contributed by atoms with Crippen LogP contribution in [0.15, 0.2) is 0 Å². The Kier molecular flexibility index (Phi) is 3.85. The fourth-order valence-corrected chi connectivity index (χ4v) is 1.78. The minimum absolute atomic E-state index is 0.154. The van der Waals surface area contributed by atoms with Crippen molar-refractivity contribution in [3.05, 3.63) is 0 Å². The van der Waals surface area contributed by atoms with Crippen molar-refractivity contribution in [1.82, 2.24) is 4.90 Å². The van der Waals surface area contributed by atoms with Gasteiger partial charge >= 0.3 is 6.09 Å². The molecule has 1 aliphatic rings. The second kappa shape index (κ2) is 4.78. The third kappa shape index (κ3) is 3.44. The van der Waals surface area contributed by atoms with Crippen LogP contribution in [0, 0.1) is 24.2 Å². The summed E-state index contributed by atoms with van der Waals surface area (Å²) in [6, 6.07) is 0. The third-order valence-electron chi connectivity index (χ3n) is 2.82. The summed E-state index contributed by atoms with van der Waals surface area (Å²) in [5, 5.41) is 0. The molecule has 90 valence electrons. The number of carbonyl (C=O) groups excluding carboxylic acids is 1. The molecule has 0 aliphatic carbocycles. The molecule has 1 heterocycles. The summed E-state index contributed by atoms with van der Waals surface area (Å²) in [6.45, 7) is 9.11. The molecular weight excluding hydrogens is 202 g/mol. The van der Waals surface area contributed by atoms with E-state index in [1.807, 2.05) is 20.8 Å². The summed E-state index contributed by atoms with van der Waals surface area (Å²) in [6.07, 6.45) is 6.16. The van der Waals surface area contributed by atoms with Gasteiger partial charge in [0.2, 0.25) is 0 Å². The number of ether oxygens (including phenoxy) is 1. The van der Waals surface area contributed by atoms with Gasteiger partial charge in [-0.05, 0) is 33.1 Å². The first-order valence-corrected chi connectivity index (χ1v) is 5.77. The van der Waals surface area contributed by atoms with E-state index in [4.69, 9.17) is 11.2 Å². The SMILES string of the molecule is C#CC1CN(C(=O)OC(C)(C)C)CCC1C. The second-order valence-electron chi connectivity index (χ2n) is 5.47. The Balaban J connectivity index is 2.56. The van der Waals surface area contributed by atoms with Crippen LogP contribution < -0.4 is 0 Å². The van der Waals surface area contributed by atoms with Gasteiger partial charge in [-0.15, -0.1) is 12.3 Å². The second-order valence-corrected chi connectivity index (χ2v) is 5.47. The number of piperidine rings is 1. The van der Waals surface area contributed by atoms with Crippen molar-refractivity contribution in [2.45, 2.75) is 39.7 Å². The van der Waals surface area contributed by atoms with Gasteiger partial charge in [-0.1, -0.05) is 6.92 Å². The van der Waals surface area contributed by atoms with E-state index < -0.39 is 5.60 Å². The Morgan fingerprint density at radius 3 is 2.62 bits per heavy atom. The van der Waals surface area contributed by atoms with E-state index in [2.05, 4.69) is 12.8 Å². The average molecular weight is 223 g/mol. The Morgan fingerprint density at radius 2 is 2.12 bits per heavy atom. The number of rotatable bonds is 0. The van der Waals surface area contributed by atoms with Crippen LogP contribution >= 0.6 is 0 Å². The third-order valence-corrected chi connectivity index (χ3v) is 2.82. The molecule has 1 fully saturated rings. The molecule has 0 radical (unpaired) electrons. The largest absolute Gasteiger partial charge is 0.444 e. The fourth-order valence-electron chi connectivity index (χ4n) is 1.78. The van der Waals surface area contributed by atoms with Gasteiger partial charge in [0.1, 0.15) is 5.60 Å². The lowest BCUT2D eigenvalue weighted by molar-refractivity contribution is 0.0152. The standard InChI is InChI=1S/C13H21NO2/c1-6-11-9-14(8-7-10(11)2)12(15)16-13(3,4)5/h1,10-11H,7-9H2,2-5H3. The molecule has 2 unspecified atom stereocenters. The van der Waals surface area contributed by atoms with Gasteiger partial charge in [0.25, 0.3) is 0 Å². The Hall–Kier alpha value is -1.17. The van der Waals surface area contributed by atoms with E-state index in [9.17, 15) is 4.79 Å². The molecule has 3 heteroatoms. The summed E-state index contributed by atoms with van der Waals surface area (Å²) in [5.41, 5.74) is -0.439. The molecule has 1 aliphatic heterocycles. The summed E-state index contributed by atoms with van der Waals surface area (Å²) in [4.78, 5) is 13.5. The molecule has 0 aromatic carbocycles. The van der Waals surface area contributed by atoms with E-state index >= 15 is 0 Å². The van der Waals surface area contributed by atoms with Crippen molar-refractivity contribution in [3.63, 3.8) is 0 Å². The number of nitrogens with zero attached hydrogens (tertiary/aromatic N) is 1. The Labute approximate surface area is 98.1 Å². The maximum atomic E-state index is 11.8. The van der Waals surface area contributed by atoms with Gasteiger partial charge in [0, 0.05) is 19.0 Å².